The Labute approximate surface area is 277 Å². The number of aromatic nitrogens is 8. The van der Waals surface area contributed by atoms with Crippen molar-refractivity contribution >= 4 is 55.7 Å². The molecule has 11 rings (SSSR count). The molecule has 0 unspecified atom stereocenters. The molecule has 0 aliphatic heterocycles. The number of hydrogen-bond acceptors (Lipinski definition) is 5. The molecule has 0 N–H and O–H groups in total. The molecule has 5 heterocycles. The molecule has 0 bridgehead atoms. The Bertz CT molecular complexity index is 2840. The highest BCUT2D eigenvalue weighted by molar-refractivity contribution is 5.93. The molecule has 0 aliphatic carbocycles. The molecular formula is C40H24N8O. The van der Waals surface area contributed by atoms with Gasteiger partial charge in [-0.2, -0.15) is 4.98 Å². The highest BCUT2D eigenvalue weighted by Crippen LogP contribution is 2.32. The molecule has 49 heavy (non-hydrogen) atoms. The summed E-state index contributed by atoms with van der Waals surface area (Å²) in [4.78, 5) is 14.7. The van der Waals surface area contributed by atoms with Gasteiger partial charge in [0.2, 0.25) is 17.4 Å². The number of nitrogens with zero attached hydrogens (tertiary/aromatic N) is 8. The third-order valence-corrected chi connectivity index (χ3v) is 9.40. The van der Waals surface area contributed by atoms with Gasteiger partial charge < -0.3 is 4.52 Å². The fourth-order valence-electron chi connectivity index (χ4n) is 7.18. The molecule has 0 fully saturated rings. The van der Waals surface area contributed by atoms with E-state index in [1.165, 1.54) is 0 Å². The topological polar surface area (TPSA) is 83.4 Å². The first-order chi connectivity index (χ1) is 24.3. The number of benzene rings is 6. The van der Waals surface area contributed by atoms with E-state index in [9.17, 15) is 0 Å². The monoisotopic (exact) mass is 632 g/mol. The minimum Gasteiger partial charge on any atom is -0.334 e. The Kier molecular flexibility index (Phi) is 5.20. The zero-order valence-electron chi connectivity index (χ0n) is 25.8. The SMILES string of the molecule is c1ccc2c(c1)nc1n(-c3ccc(-c4noc(-c5ccc(-n6c7ccccc7n7c8ccccc8nc67)cc5)n4)cc3)c3ccccc3n21. The van der Waals surface area contributed by atoms with Crippen LogP contribution in [0.5, 0.6) is 0 Å². The fraction of sp³-hybridized carbons (Fsp3) is 0. The first-order valence-electron chi connectivity index (χ1n) is 16.1. The summed E-state index contributed by atoms with van der Waals surface area (Å²) in [7, 11) is 0. The lowest BCUT2D eigenvalue weighted by atomic mass is 10.2. The largest absolute Gasteiger partial charge is 0.334 e. The molecule has 5 aromatic heterocycles. The van der Waals surface area contributed by atoms with Crippen molar-refractivity contribution in [2.75, 3.05) is 0 Å². The zero-order chi connectivity index (χ0) is 32.1. The number of hydrogen-bond donors (Lipinski definition) is 0. The van der Waals surface area contributed by atoms with Crippen molar-refractivity contribution in [3.8, 4) is 34.2 Å². The molecule has 6 aromatic carbocycles. The van der Waals surface area contributed by atoms with Crippen LogP contribution in [-0.2, 0) is 0 Å². The summed E-state index contributed by atoms with van der Waals surface area (Å²) in [6.07, 6.45) is 0. The van der Waals surface area contributed by atoms with E-state index in [0.717, 1.165) is 78.2 Å². The van der Waals surface area contributed by atoms with Crippen LogP contribution in [0.3, 0.4) is 0 Å². The van der Waals surface area contributed by atoms with E-state index in [-0.39, 0.29) is 0 Å². The Balaban J connectivity index is 0.942. The van der Waals surface area contributed by atoms with Gasteiger partial charge in [0.25, 0.3) is 5.89 Å². The Morgan fingerprint density at radius 1 is 0.388 bits per heavy atom. The number of imidazole rings is 4. The van der Waals surface area contributed by atoms with Crippen LogP contribution in [-0.4, -0.2) is 38.0 Å². The van der Waals surface area contributed by atoms with Gasteiger partial charge in [-0.15, -0.1) is 0 Å². The predicted octanol–water partition coefficient (Wildman–Crippen LogP) is 8.89. The van der Waals surface area contributed by atoms with Gasteiger partial charge in [-0.3, -0.25) is 17.9 Å². The summed E-state index contributed by atoms with van der Waals surface area (Å²) in [5.41, 5.74) is 12.2. The highest BCUT2D eigenvalue weighted by Gasteiger charge is 2.19. The van der Waals surface area contributed by atoms with Crippen molar-refractivity contribution in [1.29, 1.82) is 0 Å². The van der Waals surface area contributed by atoms with Crippen molar-refractivity contribution in [2.45, 2.75) is 0 Å². The summed E-state index contributed by atoms with van der Waals surface area (Å²) in [5.74, 6) is 2.73. The molecular weight excluding hydrogens is 608 g/mol. The summed E-state index contributed by atoms with van der Waals surface area (Å²) in [6.45, 7) is 0. The van der Waals surface area contributed by atoms with Crippen LogP contribution < -0.4 is 0 Å². The molecule has 0 saturated carbocycles. The highest BCUT2D eigenvalue weighted by atomic mass is 16.5. The maximum Gasteiger partial charge on any atom is 0.258 e. The van der Waals surface area contributed by atoms with Crippen LogP contribution in [0.25, 0.3) is 89.9 Å². The van der Waals surface area contributed by atoms with Crippen molar-refractivity contribution in [3.05, 3.63) is 146 Å². The molecule has 9 nitrogen and oxygen atoms in total. The van der Waals surface area contributed by atoms with Crippen molar-refractivity contribution < 1.29 is 4.52 Å². The van der Waals surface area contributed by atoms with Gasteiger partial charge in [0.1, 0.15) is 0 Å². The molecule has 0 radical (unpaired) electrons. The van der Waals surface area contributed by atoms with Gasteiger partial charge >= 0.3 is 0 Å². The summed E-state index contributed by atoms with van der Waals surface area (Å²) < 4.78 is 14.6. The van der Waals surface area contributed by atoms with Gasteiger partial charge in [-0.05, 0) is 97.1 Å². The fourth-order valence-corrected chi connectivity index (χ4v) is 7.18. The normalized spacial score (nSPS) is 12.1. The summed E-state index contributed by atoms with van der Waals surface area (Å²) in [5, 5.41) is 4.33. The van der Waals surface area contributed by atoms with Crippen molar-refractivity contribution in [2.24, 2.45) is 0 Å². The molecule has 230 valence electrons. The standard InChI is InChI=1S/C40H24N8O/c1-3-11-31-29(9-1)41-39-45(33-13-5-7-15-35(33)47(31)39)27-21-17-25(18-22-27)37-43-38(49-44-37)26-19-23-28(24-20-26)46-34-14-6-8-16-36(34)48-32-12-4-2-10-30(32)42-40(46)48/h1-24H. The maximum absolute atomic E-state index is 5.76. The number of fused-ring (bicyclic) bond motifs is 10. The zero-order valence-corrected chi connectivity index (χ0v) is 25.8. The molecule has 11 aromatic rings. The van der Waals surface area contributed by atoms with Crippen LogP contribution >= 0.6 is 0 Å². The molecule has 0 saturated heterocycles. The van der Waals surface area contributed by atoms with E-state index in [1.54, 1.807) is 0 Å². The first-order valence-corrected chi connectivity index (χ1v) is 16.1. The minimum absolute atomic E-state index is 0.460. The molecule has 0 atom stereocenters. The third kappa shape index (κ3) is 3.69. The van der Waals surface area contributed by atoms with E-state index < -0.39 is 0 Å². The van der Waals surface area contributed by atoms with Gasteiger partial charge in [0.15, 0.2) is 0 Å². The quantitative estimate of drug-likeness (QED) is 0.194. The lowest BCUT2D eigenvalue weighted by Gasteiger charge is -2.06. The second-order valence-corrected chi connectivity index (χ2v) is 12.1. The molecule has 9 heteroatoms. The number of para-hydroxylation sites is 8. The van der Waals surface area contributed by atoms with E-state index in [4.69, 9.17) is 19.5 Å². The van der Waals surface area contributed by atoms with Crippen LogP contribution in [0.1, 0.15) is 0 Å². The Hall–Kier alpha value is -7.00. The van der Waals surface area contributed by atoms with Crippen molar-refractivity contribution in [1.82, 2.24) is 38.0 Å². The van der Waals surface area contributed by atoms with Crippen molar-refractivity contribution in [3.63, 3.8) is 0 Å². The molecule has 0 amide bonds. The van der Waals surface area contributed by atoms with Gasteiger partial charge in [0, 0.05) is 22.5 Å². The smallest absolute Gasteiger partial charge is 0.258 e. The Morgan fingerprint density at radius 3 is 1.33 bits per heavy atom. The molecule has 0 spiro atoms. The van der Waals surface area contributed by atoms with Crippen LogP contribution in [0.2, 0.25) is 0 Å². The lowest BCUT2D eigenvalue weighted by molar-refractivity contribution is 0.432. The average Bonchev–Trinajstić information content (AvgIpc) is 3.97. The van der Waals surface area contributed by atoms with Gasteiger partial charge in [0.05, 0.1) is 44.1 Å². The Morgan fingerprint density at radius 2 is 0.816 bits per heavy atom. The minimum atomic E-state index is 0.460. The van der Waals surface area contributed by atoms with Crippen LogP contribution in [0.15, 0.2) is 150 Å². The maximum atomic E-state index is 5.76. The second-order valence-electron chi connectivity index (χ2n) is 12.1. The number of rotatable bonds is 4. The summed E-state index contributed by atoms with van der Waals surface area (Å²) in [6, 6.07) is 49.6. The predicted molar refractivity (Wildman–Crippen MR) is 191 cm³/mol. The van der Waals surface area contributed by atoms with E-state index >= 15 is 0 Å². The first kappa shape index (κ1) is 26.1. The van der Waals surface area contributed by atoms with E-state index in [0.29, 0.717) is 11.7 Å². The third-order valence-electron chi connectivity index (χ3n) is 9.40. The van der Waals surface area contributed by atoms with Crippen LogP contribution in [0.4, 0.5) is 0 Å². The van der Waals surface area contributed by atoms with E-state index in [1.807, 2.05) is 54.6 Å². The van der Waals surface area contributed by atoms with Gasteiger partial charge in [-0.25, -0.2) is 9.97 Å². The second kappa shape index (κ2) is 9.76. The molecule has 0 aliphatic rings. The van der Waals surface area contributed by atoms with Crippen LogP contribution in [0, 0.1) is 0 Å². The summed E-state index contributed by atoms with van der Waals surface area (Å²) >= 11 is 0. The lowest BCUT2D eigenvalue weighted by Crippen LogP contribution is -1.95. The van der Waals surface area contributed by atoms with Gasteiger partial charge in [-0.1, -0.05) is 53.7 Å². The average molecular weight is 633 g/mol. The van der Waals surface area contributed by atoms with E-state index in [2.05, 4.69) is 114 Å².